The Labute approximate surface area is 161 Å². The zero-order valence-corrected chi connectivity index (χ0v) is 15.6. The van der Waals surface area contributed by atoms with E-state index in [9.17, 15) is 13.6 Å². The van der Waals surface area contributed by atoms with Gasteiger partial charge in [0, 0.05) is 32.7 Å². The van der Waals surface area contributed by atoms with Gasteiger partial charge in [-0.25, -0.2) is 0 Å². The number of halogens is 2. The summed E-state index contributed by atoms with van der Waals surface area (Å²) >= 11 is 0. The number of benzene rings is 1. The van der Waals surface area contributed by atoms with Crippen LogP contribution in [0.3, 0.4) is 0 Å². The van der Waals surface area contributed by atoms with Crippen LogP contribution in [0.4, 0.5) is 8.78 Å². The normalized spacial score (nSPS) is 15.7. The molecule has 1 N–H and O–H groups in total. The SMILES string of the molecule is CCNC(=O)CN1CCN(Cc2nc(-c3ccccc3OC(F)F)no2)CC1. The molecule has 1 amide bonds. The molecule has 2 heterocycles. The average molecular weight is 395 g/mol. The molecule has 0 atom stereocenters. The third kappa shape index (κ3) is 5.46. The van der Waals surface area contributed by atoms with Crippen molar-refractivity contribution >= 4 is 5.91 Å². The van der Waals surface area contributed by atoms with Crippen LogP contribution >= 0.6 is 0 Å². The van der Waals surface area contributed by atoms with Crippen molar-refractivity contribution in [2.45, 2.75) is 20.1 Å². The molecule has 0 bridgehead atoms. The lowest BCUT2D eigenvalue weighted by Crippen LogP contribution is -2.49. The Morgan fingerprint density at radius 1 is 1.25 bits per heavy atom. The van der Waals surface area contributed by atoms with Crippen LogP contribution < -0.4 is 10.1 Å². The van der Waals surface area contributed by atoms with Gasteiger partial charge in [-0.05, 0) is 19.1 Å². The lowest BCUT2D eigenvalue weighted by molar-refractivity contribution is -0.122. The van der Waals surface area contributed by atoms with Crippen LogP contribution in [0.5, 0.6) is 5.75 Å². The number of hydrogen-bond acceptors (Lipinski definition) is 7. The summed E-state index contributed by atoms with van der Waals surface area (Å²) in [6, 6.07) is 6.33. The van der Waals surface area contributed by atoms with Gasteiger partial charge in [-0.3, -0.25) is 14.6 Å². The number of nitrogens with one attached hydrogen (secondary N) is 1. The van der Waals surface area contributed by atoms with Gasteiger partial charge in [-0.2, -0.15) is 13.8 Å². The van der Waals surface area contributed by atoms with Gasteiger partial charge in [-0.15, -0.1) is 0 Å². The maximum Gasteiger partial charge on any atom is 0.387 e. The van der Waals surface area contributed by atoms with E-state index in [0.717, 1.165) is 26.2 Å². The van der Waals surface area contributed by atoms with E-state index in [0.29, 0.717) is 31.1 Å². The predicted molar refractivity (Wildman–Crippen MR) is 96.8 cm³/mol. The summed E-state index contributed by atoms with van der Waals surface area (Å²) in [4.78, 5) is 20.2. The van der Waals surface area contributed by atoms with Crippen LogP contribution in [0.1, 0.15) is 12.8 Å². The van der Waals surface area contributed by atoms with E-state index in [2.05, 4.69) is 30.0 Å². The molecule has 1 fully saturated rings. The summed E-state index contributed by atoms with van der Waals surface area (Å²) in [7, 11) is 0. The predicted octanol–water partition coefficient (Wildman–Crippen LogP) is 1.59. The lowest BCUT2D eigenvalue weighted by Gasteiger charge is -2.33. The van der Waals surface area contributed by atoms with Crippen molar-refractivity contribution in [2.24, 2.45) is 0 Å². The van der Waals surface area contributed by atoms with Crippen molar-refractivity contribution in [2.75, 3.05) is 39.3 Å². The summed E-state index contributed by atoms with van der Waals surface area (Å²) in [6.45, 7) is 3.52. The van der Waals surface area contributed by atoms with Gasteiger partial charge in [-0.1, -0.05) is 17.3 Å². The van der Waals surface area contributed by atoms with Crippen molar-refractivity contribution < 1.29 is 22.8 Å². The second-order valence-electron chi connectivity index (χ2n) is 6.39. The molecule has 152 valence electrons. The molecule has 28 heavy (non-hydrogen) atoms. The molecule has 0 saturated carbocycles. The number of nitrogens with zero attached hydrogens (tertiary/aromatic N) is 4. The first kappa shape index (κ1) is 20.2. The fourth-order valence-corrected chi connectivity index (χ4v) is 3.03. The van der Waals surface area contributed by atoms with Crippen molar-refractivity contribution in [1.82, 2.24) is 25.3 Å². The number of amides is 1. The molecule has 0 unspecified atom stereocenters. The molecular formula is C18H23F2N5O3. The zero-order chi connectivity index (χ0) is 19.9. The average Bonchev–Trinajstić information content (AvgIpc) is 3.12. The van der Waals surface area contributed by atoms with Gasteiger partial charge in [0.25, 0.3) is 0 Å². The Morgan fingerprint density at radius 3 is 2.68 bits per heavy atom. The van der Waals surface area contributed by atoms with Crippen molar-refractivity contribution in [1.29, 1.82) is 0 Å². The molecule has 0 spiro atoms. The number of para-hydroxylation sites is 1. The number of rotatable bonds is 8. The highest BCUT2D eigenvalue weighted by atomic mass is 19.3. The first-order valence-corrected chi connectivity index (χ1v) is 9.13. The minimum Gasteiger partial charge on any atom is -0.434 e. The molecule has 2 aromatic rings. The molecule has 1 saturated heterocycles. The number of ether oxygens (including phenoxy) is 1. The van der Waals surface area contributed by atoms with Crippen LogP contribution in [0, 0.1) is 0 Å². The molecular weight excluding hydrogens is 372 g/mol. The van der Waals surface area contributed by atoms with Crippen LogP contribution in [0.25, 0.3) is 11.4 Å². The van der Waals surface area contributed by atoms with E-state index in [-0.39, 0.29) is 17.5 Å². The van der Waals surface area contributed by atoms with Crippen molar-refractivity contribution in [3.63, 3.8) is 0 Å². The monoisotopic (exact) mass is 395 g/mol. The van der Waals surface area contributed by atoms with Gasteiger partial charge in [0.1, 0.15) is 5.75 Å². The Bertz CT molecular complexity index is 778. The van der Waals surface area contributed by atoms with Crippen LogP contribution in [-0.2, 0) is 11.3 Å². The number of likely N-dealkylation sites (N-methyl/N-ethyl adjacent to an activating group) is 1. The lowest BCUT2D eigenvalue weighted by atomic mass is 10.2. The zero-order valence-electron chi connectivity index (χ0n) is 15.6. The highest BCUT2D eigenvalue weighted by molar-refractivity contribution is 5.77. The van der Waals surface area contributed by atoms with Gasteiger partial charge in [0.05, 0.1) is 18.7 Å². The molecule has 1 aliphatic heterocycles. The second kappa shape index (κ2) is 9.56. The van der Waals surface area contributed by atoms with Crippen molar-refractivity contribution in [3.8, 4) is 17.1 Å². The van der Waals surface area contributed by atoms with Crippen LogP contribution in [-0.4, -0.2) is 71.7 Å². The largest absolute Gasteiger partial charge is 0.434 e. The summed E-state index contributed by atoms with van der Waals surface area (Å²) in [5.74, 6) is 0.645. The quantitative estimate of drug-likeness (QED) is 0.727. The Balaban J connectivity index is 1.56. The van der Waals surface area contributed by atoms with Crippen LogP contribution in [0.2, 0.25) is 0 Å². The molecule has 8 nitrogen and oxygen atoms in total. The summed E-state index contributed by atoms with van der Waals surface area (Å²) in [5, 5.41) is 6.69. The number of alkyl halides is 2. The minimum atomic E-state index is -2.93. The fraction of sp³-hybridized carbons (Fsp3) is 0.500. The van der Waals surface area contributed by atoms with Gasteiger partial charge in [0.15, 0.2) is 0 Å². The molecule has 10 heteroatoms. The fourth-order valence-electron chi connectivity index (χ4n) is 3.03. The van der Waals surface area contributed by atoms with Gasteiger partial charge >= 0.3 is 6.61 Å². The molecule has 1 aliphatic rings. The second-order valence-corrected chi connectivity index (χ2v) is 6.39. The maximum atomic E-state index is 12.6. The number of hydrogen-bond donors (Lipinski definition) is 1. The van der Waals surface area contributed by atoms with E-state index in [1.807, 2.05) is 6.92 Å². The number of aromatic nitrogens is 2. The highest BCUT2D eigenvalue weighted by Crippen LogP contribution is 2.29. The molecule has 0 radical (unpaired) electrons. The van der Waals surface area contributed by atoms with Gasteiger partial charge in [0.2, 0.25) is 17.6 Å². The molecule has 1 aromatic carbocycles. The van der Waals surface area contributed by atoms with E-state index >= 15 is 0 Å². The van der Waals surface area contributed by atoms with Crippen LogP contribution in [0.15, 0.2) is 28.8 Å². The summed E-state index contributed by atoms with van der Waals surface area (Å²) < 4.78 is 34.9. The Kier molecular flexibility index (Phi) is 6.88. The third-order valence-electron chi connectivity index (χ3n) is 4.38. The number of carbonyl (C=O) groups is 1. The third-order valence-corrected chi connectivity index (χ3v) is 4.38. The first-order chi connectivity index (χ1) is 13.5. The summed E-state index contributed by atoms with van der Waals surface area (Å²) in [6.07, 6.45) is 0. The molecule has 3 rings (SSSR count). The number of piperazine rings is 1. The van der Waals surface area contributed by atoms with E-state index in [4.69, 9.17) is 4.52 Å². The molecule has 1 aromatic heterocycles. The van der Waals surface area contributed by atoms with E-state index in [1.165, 1.54) is 6.07 Å². The smallest absolute Gasteiger partial charge is 0.387 e. The van der Waals surface area contributed by atoms with Crippen molar-refractivity contribution in [3.05, 3.63) is 30.2 Å². The van der Waals surface area contributed by atoms with Gasteiger partial charge < -0.3 is 14.6 Å². The van der Waals surface area contributed by atoms with E-state index in [1.54, 1.807) is 18.2 Å². The number of carbonyl (C=O) groups excluding carboxylic acids is 1. The maximum absolute atomic E-state index is 12.6. The molecule has 0 aliphatic carbocycles. The van der Waals surface area contributed by atoms with E-state index < -0.39 is 6.61 Å². The Morgan fingerprint density at radius 2 is 1.96 bits per heavy atom. The topological polar surface area (TPSA) is 83.7 Å². The minimum absolute atomic E-state index is 0.00354. The summed E-state index contributed by atoms with van der Waals surface area (Å²) in [5.41, 5.74) is 0.351. The highest BCUT2D eigenvalue weighted by Gasteiger charge is 2.21. The Hall–Kier alpha value is -2.59. The standard InChI is InChI=1S/C18H23F2N5O3/c1-2-21-15(26)11-24-7-9-25(10-8-24)12-16-22-17(23-28-16)13-5-3-4-6-14(13)27-18(19)20/h3-6,18H,2,7-12H2,1H3,(H,21,26). The first-order valence-electron chi connectivity index (χ1n) is 9.13.